The molecule has 0 spiro atoms. The molecular formula is C23H15ClF3N3O. The van der Waals surface area contributed by atoms with Crippen LogP contribution in [-0.4, -0.2) is 9.13 Å². The summed E-state index contributed by atoms with van der Waals surface area (Å²) in [7, 11) is 1.60. The molecule has 31 heavy (non-hydrogen) atoms. The molecule has 1 aromatic heterocycles. The summed E-state index contributed by atoms with van der Waals surface area (Å²) in [5, 5.41) is 8.97. The molecule has 1 heterocycles. The topological polar surface area (TPSA) is 50.7 Å². The summed E-state index contributed by atoms with van der Waals surface area (Å²) in [5.74, 6) is 0. The van der Waals surface area contributed by atoms with E-state index in [9.17, 15) is 23.2 Å². The first-order valence-corrected chi connectivity index (χ1v) is 9.63. The number of rotatable bonds is 3. The van der Waals surface area contributed by atoms with Crippen LogP contribution in [0.15, 0.2) is 65.5 Å². The van der Waals surface area contributed by atoms with Gasteiger partial charge in [0.2, 0.25) is 0 Å². The number of imidazole rings is 1. The molecule has 0 radical (unpaired) electrons. The number of hydrogen-bond acceptors (Lipinski definition) is 2. The summed E-state index contributed by atoms with van der Waals surface area (Å²) in [6.07, 6.45) is -4.58. The quantitative estimate of drug-likeness (QED) is 0.415. The Balaban J connectivity index is 1.82. The average molecular weight is 442 g/mol. The number of fused-ring (bicyclic) bond motifs is 1. The minimum Gasteiger partial charge on any atom is -0.295 e. The normalized spacial score (nSPS) is 11.6. The number of nitriles is 1. The maximum absolute atomic E-state index is 13.2. The maximum Gasteiger partial charge on any atom is 0.417 e. The first-order valence-electron chi connectivity index (χ1n) is 9.25. The van der Waals surface area contributed by atoms with Crippen molar-refractivity contribution >= 4 is 22.6 Å². The maximum atomic E-state index is 13.2. The second-order valence-electron chi connectivity index (χ2n) is 7.10. The van der Waals surface area contributed by atoms with Gasteiger partial charge in [0.1, 0.15) is 0 Å². The number of benzene rings is 3. The van der Waals surface area contributed by atoms with Crippen LogP contribution in [0.2, 0.25) is 5.02 Å². The molecule has 4 aromatic rings. The molecule has 0 N–H and O–H groups in total. The minimum atomic E-state index is -4.58. The molecule has 0 bridgehead atoms. The van der Waals surface area contributed by atoms with E-state index in [1.807, 2.05) is 12.1 Å². The first-order chi connectivity index (χ1) is 14.7. The Kier molecular flexibility index (Phi) is 5.11. The van der Waals surface area contributed by atoms with Crippen LogP contribution in [0.4, 0.5) is 13.2 Å². The van der Waals surface area contributed by atoms with E-state index in [4.69, 9.17) is 11.6 Å². The molecule has 0 aliphatic rings. The van der Waals surface area contributed by atoms with Crippen molar-refractivity contribution in [1.29, 1.82) is 5.26 Å². The van der Waals surface area contributed by atoms with Crippen molar-refractivity contribution in [2.45, 2.75) is 12.7 Å². The Bertz CT molecular complexity index is 1410. The van der Waals surface area contributed by atoms with Gasteiger partial charge in [0.05, 0.1) is 39.8 Å². The third-order valence-electron chi connectivity index (χ3n) is 5.18. The summed E-state index contributed by atoms with van der Waals surface area (Å²) in [6.45, 7) is -0.0372. The zero-order valence-electron chi connectivity index (χ0n) is 16.2. The summed E-state index contributed by atoms with van der Waals surface area (Å²) < 4.78 is 42.4. The molecule has 8 heteroatoms. The fourth-order valence-corrected chi connectivity index (χ4v) is 3.86. The lowest BCUT2D eigenvalue weighted by atomic mass is 10.00. The highest BCUT2D eigenvalue weighted by molar-refractivity contribution is 6.31. The minimum absolute atomic E-state index is 0.0372. The highest BCUT2D eigenvalue weighted by Gasteiger charge is 2.33. The van der Waals surface area contributed by atoms with Crippen molar-refractivity contribution < 1.29 is 13.2 Å². The van der Waals surface area contributed by atoms with E-state index >= 15 is 0 Å². The highest BCUT2D eigenvalue weighted by Crippen LogP contribution is 2.35. The van der Waals surface area contributed by atoms with Gasteiger partial charge in [-0.15, -0.1) is 0 Å². The monoisotopic (exact) mass is 441 g/mol. The molecule has 3 aromatic carbocycles. The van der Waals surface area contributed by atoms with E-state index < -0.39 is 11.7 Å². The van der Waals surface area contributed by atoms with Crippen LogP contribution in [0.5, 0.6) is 0 Å². The predicted molar refractivity (Wildman–Crippen MR) is 113 cm³/mol. The summed E-state index contributed by atoms with van der Waals surface area (Å²) in [5.41, 5.74) is 2.22. The van der Waals surface area contributed by atoms with Gasteiger partial charge < -0.3 is 0 Å². The third kappa shape index (κ3) is 3.71. The van der Waals surface area contributed by atoms with Crippen molar-refractivity contribution in [2.24, 2.45) is 7.05 Å². The van der Waals surface area contributed by atoms with E-state index in [0.29, 0.717) is 22.2 Å². The zero-order chi connectivity index (χ0) is 22.3. The Morgan fingerprint density at radius 1 is 1.03 bits per heavy atom. The molecular weight excluding hydrogens is 427 g/mol. The van der Waals surface area contributed by atoms with Crippen LogP contribution in [0.3, 0.4) is 0 Å². The molecule has 156 valence electrons. The first kappa shape index (κ1) is 20.8. The van der Waals surface area contributed by atoms with Gasteiger partial charge in [-0.3, -0.25) is 9.13 Å². The SMILES string of the molecule is Cn1c(=O)n(Cc2ccc(Cl)c(C(F)(F)F)c2)c2ccc(-c3ccccc3C#N)cc21. The number of aryl methyl sites for hydroxylation is 1. The number of halogens is 4. The summed E-state index contributed by atoms with van der Waals surface area (Å²) >= 11 is 5.70. The zero-order valence-corrected chi connectivity index (χ0v) is 17.0. The van der Waals surface area contributed by atoms with Crippen molar-refractivity contribution in [3.63, 3.8) is 0 Å². The van der Waals surface area contributed by atoms with Crippen molar-refractivity contribution in [3.05, 3.63) is 92.9 Å². The van der Waals surface area contributed by atoms with Gasteiger partial charge in [0.25, 0.3) is 0 Å². The molecule has 0 fully saturated rings. The van der Waals surface area contributed by atoms with Crippen LogP contribution < -0.4 is 5.69 Å². The number of aromatic nitrogens is 2. The van der Waals surface area contributed by atoms with Crippen LogP contribution in [-0.2, 0) is 19.8 Å². The smallest absolute Gasteiger partial charge is 0.295 e. The fourth-order valence-electron chi connectivity index (χ4n) is 3.63. The molecule has 4 rings (SSSR count). The summed E-state index contributed by atoms with van der Waals surface area (Å²) in [4.78, 5) is 12.8. The third-order valence-corrected chi connectivity index (χ3v) is 5.51. The summed E-state index contributed by atoms with van der Waals surface area (Å²) in [6, 6.07) is 18.2. The molecule has 0 amide bonds. The van der Waals surface area contributed by atoms with Gasteiger partial charge in [-0.25, -0.2) is 4.79 Å². The molecule has 0 aliphatic carbocycles. The van der Waals surface area contributed by atoms with Crippen LogP contribution >= 0.6 is 11.6 Å². The molecule has 0 unspecified atom stereocenters. The Morgan fingerprint density at radius 3 is 2.48 bits per heavy atom. The van der Waals surface area contributed by atoms with Gasteiger partial charge in [0.15, 0.2) is 0 Å². The van der Waals surface area contributed by atoms with Gasteiger partial charge in [0, 0.05) is 7.05 Å². The predicted octanol–water partition coefficient (Wildman–Crippen LogP) is 5.60. The second-order valence-corrected chi connectivity index (χ2v) is 7.51. The Labute approximate surface area is 180 Å². The number of alkyl halides is 3. The van der Waals surface area contributed by atoms with Crippen molar-refractivity contribution in [1.82, 2.24) is 9.13 Å². The van der Waals surface area contributed by atoms with E-state index in [0.717, 1.165) is 17.2 Å². The standard InChI is InChI=1S/C23H15ClF3N3O/c1-29-21-11-15(17-5-3-2-4-16(17)12-28)7-9-20(21)30(22(29)31)13-14-6-8-19(24)18(10-14)23(25,26)27/h2-11H,13H2,1H3. The lowest BCUT2D eigenvalue weighted by Crippen LogP contribution is -2.22. The molecule has 4 nitrogen and oxygen atoms in total. The van der Waals surface area contributed by atoms with Gasteiger partial charge >= 0.3 is 11.9 Å². The van der Waals surface area contributed by atoms with Crippen molar-refractivity contribution in [2.75, 3.05) is 0 Å². The van der Waals surface area contributed by atoms with Crippen LogP contribution in [0.25, 0.3) is 22.2 Å². The second kappa shape index (κ2) is 7.64. The lowest BCUT2D eigenvalue weighted by Gasteiger charge is -2.11. The molecule has 0 atom stereocenters. The van der Waals surface area contributed by atoms with E-state index in [1.54, 1.807) is 37.4 Å². The highest BCUT2D eigenvalue weighted by atomic mass is 35.5. The lowest BCUT2D eigenvalue weighted by molar-refractivity contribution is -0.137. The van der Waals surface area contributed by atoms with E-state index in [1.165, 1.54) is 21.3 Å². The Hall–Kier alpha value is -3.50. The van der Waals surface area contributed by atoms with Gasteiger partial charge in [-0.1, -0.05) is 41.9 Å². The van der Waals surface area contributed by atoms with Gasteiger partial charge in [-0.2, -0.15) is 18.4 Å². The number of nitrogens with zero attached hydrogens (tertiary/aromatic N) is 3. The van der Waals surface area contributed by atoms with Crippen molar-refractivity contribution in [3.8, 4) is 17.2 Å². The number of hydrogen-bond donors (Lipinski definition) is 0. The van der Waals surface area contributed by atoms with E-state index in [-0.39, 0.29) is 17.3 Å². The molecule has 0 saturated heterocycles. The average Bonchev–Trinajstić information content (AvgIpc) is 2.98. The van der Waals surface area contributed by atoms with E-state index in [2.05, 4.69) is 6.07 Å². The molecule has 0 aliphatic heterocycles. The van der Waals surface area contributed by atoms with Crippen LogP contribution in [0.1, 0.15) is 16.7 Å². The van der Waals surface area contributed by atoms with Gasteiger partial charge in [-0.05, 0) is 47.0 Å². The van der Waals surface area contributed by atoms with Crippen LogP contribution in [0, 0.1) is 11.3 Å². The Morgan fingerprint density at radius 2 is 1.77 bits per heavy atom. The largest absolute Gasteiger partial charge is 0.417 e. The molecule has 0 saturated carbocycles. The fraction of sp³-hybridized carbons (Fsp3) is 0.130.